The zero-order chi connectivity index (χ0) is 21.3. The van der Waals surface area contributed by atoms with E-state index >= 15 is 0 Å². The summed E-state index contributed by atoms with van der Waals surface area (Å²) in [5.74, 6) is -0.664. The molecule has 0 spiro atoms. The molecule has 10 heteroatoms. The predicted molar refractivity (Wildman–Crippen MR) is 107 cm³/mol. The van der Waals surface area contributed by atoms with Crippen LogP contribution < -0.4 is 21.5 Å². The summed E-state index contributed by atoms with van der Waals surface area (Å²) in [5, 5.41) is 8.32. The third-order valence-electron chi connectivity index (χ3n) is 5.24. The fourth-order valence-electron chi connectivity index (χ4n) is 3.88. The molecule has 10 nitrogen and oxygen atoms in total. The van der Waals surface area contributed by atoms with Gasteiger partial charge < -0.3 is 15.5 Å². The van der Waals surface area contributed by atoms with E-state index in [0.717, 1.165) is 11.1 Å². The molecule has 30 heavy (non-hydrogen) atoms. The molecule has 4 N–H and O–H groups in total. The Morgan fingerprint density at radius 1 is 1.20 bits per heavy atom. The summed E-state index contributed by atoms with van der Waals surface area (Å²) in [7, 11) is 1.77. The van der Waals surface area contributed by atoms with Crippen molar-refractivity contribution in [1.29, 1.82) is 0 Å². The number of hydrogen-bond donors (Lipinski definition) is 4. The van der Waals surface area contributed by atoms with Gasteiger partial charge in [-0.1, -0.05) is 18.2 Å². The number of hydrogen-bond acceptors (Lipinski definition) is 7. The maximum atomic E-state index is 13.1. The second kappa shape index (κ2) is 8.07. The Morgan fingerprint density at radius 2 is 2.03 bits per heavy atom. The molecule has 1 fully saturated rings. The third-order valence-corrected chi connectivity index (χ3v) is 5.24. The lowest BCUT2D eigenvalue weighted by atomic mass is 10.0. The number of fused-ring (bicyclic) bond motifs is 1. The van der Waals surface area contributed by atoms with E-state index in [-0.39, 0.29) is 30.3 Å². The van der Waals surface area contributed by atoms with E-state index in [1.54, 1.807) is 7.05 Å². The van der Waals surface area contributed by atoms with Crippen LogP contribution >= 0.6 is 0 Å². The van der Waals surface area contributed by atoms with Crippen molar-refractivity contribution in [2.24, 2.45) is 0 Å². The monoisotopic (exact) mass is 410 g/mol. The van der Waals surface area contributed by atoms with Crippen molar-refractivity contribution in [2.75, 3.05) is 12.4 Å². The number of carbonyl (C=O) groups excluding carboxylic acids is 3. The summed E-state index contributed by atoms with van der Waals surface area (Å²) in [5.41, 5.74) is 2.45. The van der Waals surface area contributed by atoms with Gasteiger partial charge in [0.2, 0.25) is 17.8 Å². The number of H-pyrrole nitrogens is 1. The quantitative estimate of drug-likeness (QED) is 0.487. The lowest BCUT2D eigenvalue weighted by Gasteiger charge is -2.29. The molecule has 3 heterocycles. The molecule has 1 atom stereocenters. The van der Waals surface area contributed by atoms with Crippen LogP contribution in [-0.4, -0.2) is 45.7 Å². The largest absolute Gasteiger partial charge is 0.352 e. The van der Waals surface area contributed by atoms with E-state index < -0.39 is 11.9 Å². The minimum absolute atomic E-state index is 0.215. The third kappa shape index (κ3) is 3.81. The first-order chi connectivity index (χ1) is 14.5. The lowest BCUT2D eigenvalue weighted by Crippen LogP contribution is -2.52. The smallest absolute Gasteiger partial charge is 0.255 e. The molecule has 0 saturated carbocycles. The highest BCUT2D eigenvalue weighted by Crippen LogP contribution is 2.30. The maximum Gasteiger partial charge on any atom is 0.255 e. The van der Waals surface area contributed by atoms with Crippen LogP contribution in [-0.2, 0) is 29.2 Å². The molecular weight excluding hydrogens is 388 g/mol. The number of benzene rings is 1. The molecule has 2 aliphatic rings. The van der Waals surface area contributed by atoms with Gasteiger partial charge in [-0.2, -0.15) is 0 Å². The molecule has 1 saturated heterocycles. The highest BCUT2D eigenvalue weighted by molar-refractivity contribution is 6.06. The Morgan fingerprint density at radius 3 is 2.80 bits per heavy atom. The van der Waals surface area contributed by atoms with E-state index in [2.05, 4.69) is 25.9 Å². The Kier molecular flexibility index (Phi) is 5.32. The Hall–Kier alpha value is -3.53. The molecule has 0 bridgehead atoms. The van der Waals surface area contributed by atoms with Crippen molar-refractivity contribution in [3.8, 4) is 0 Å². The summed E-state index contributed by atoms with van der Waals surface area (Å²) >= 11 is 0. The predicted octanol–water partition coefficient (Wildman–Crippen LogP) is -0.138. The lowest BCUT2D eigenvalue weighted by molar-refractivity contribution is -0.136. The van der Waals surface area contributed by atoms with E-state index in [1.807, 2.05) is 18.2 Å². The fraction of sp³-hybridized carbons (Fsp3) is 0.350. The minimum atomic E-state index is -0.653. The number of amides is 3. The highest BCUT2D eigenvalue weighted by atomic mass is 16.2. The van der Waals surface area contributed by atoms with E-state index in [1.165, 1.54) is 11.0 Å². The van der Waals surface area contributed by atoms with Gasteiger partial charge in [0.25, 0.3) is 11.5 Å². The summed E-state index contributed by atoms with van der Waals surface area (Å²) in [6.07, 6.45) is 0.536. The SMILES string of the molecule is CNCc1cc(=O)[nH]c(NCc2cccc3c2C(=O)N(C2CCC(=O)NC2=O)C3)n1. The average molecular weight is 410 g/mol. The first-order valence-electron chi connectivity index (χ1n) is 9.70. The topological polar surface area (TPSA) is 136 Å². The van der Waals surface area contributed by atoms with Gasteiger partial charge in [-0.15, -0.1) is 0 Å². The van der Waals surface area contributed by atoms with Gasteiger partial charge >= 0.3 is 0 Å². The van der Waals surface area contributed by atoms with Crippen molar-refractivity contribution in [2.45, 2.75) is 38.5 Å². The molecule has 1 aromatic heterocycles. The first-order valence-corrected chi connectivity index (χ1v) is 9.70. The Labute approximate surface area is 172 Å². The summed E-state index contributed by atoms with van der Waals surface area (Å²) in [6, 6.07) is 6.30. The van der Waals surface area contributed by atoms with Gasteiger partial charge in [0, 0.05) is 37.7 Å². The fourth-order valence-corrected chi connectivity index (χ4v) is 3.88. The number of carbonyl (C=O) groups is 3. The van der Waals surface area contributed by atoms with Crippen LogP contribution in [0, 0.1) is 0 Å². The van der Waals surface area contributed by atoms with Crippen molar-refractivity contribution >= 4 is 23.7 Å². The van der Waals surface area contributed by atoms with Gasteiger partial charge in [0.15, 0.2) is 0 Å². The first kappa shape index (κ1) is 19.8. The number of rotatable bonds is 6. The molecule has 2 aliphatic heterocycles. The summed E-state index contributed by atoms with van der Waals surface area (Å²) in [4.78, 5) is 57.1. The van der Waals surface area contributed by atoms with Gasteiger partial charge in [0.05, 0.1) is 5.69 Å². The van der Waals surface area contributed by atoms with Crippen LogP contribution in [0.15, 0.2) is 29.1 Å². The molecule has 2 aromatic rings. The minimum Gasteiger partial charge on any atom is -0.352 e. The number of aromatic amines is 1. The molecule has 0 aliphatic carbocycles. The Balaban J connectivity index is 1.53. The van der Waals surface area contributed by atoms with Gasteiger partial charge in [-0.05, 0) is 24.6 Å². The zero-order valence-corrected chi connectivity index (χ0v) is 16.4. The molecule has 1 unspecified atom stereocenters. The van der Waals surface area contributed by atoms with Crippen LogP contribution in [0.2, 0.25) is 0 Å². The van der Waals surface area contributed by atoms with Crippen LogP contribution in [0.3, 0.4) is 0 Å². The van der Waals surface area contributed by atoms with Gasteiger partial charge in [0.1, 0.15) is 6.04 Å². The molecular formula is C20H22N6O4. The maximum absolute atomic E-state index is 13.1. The van der Waals surface area contributed by atoms with Crippen LogP contribution in [0.4, 0.5) is 5.95 Å². The van der Waals surface area contributed by atoms with Crippen LogP contribution in [0.25, 0.3) is 0 Å². The number of anilines is 1. The number of nitrogens with one attached hydrogen (secondary N) is 4. The molecule has 156 valence electrons. The number of aromatic nitrogens is 2. The molecule has 1 aromatic carbocycles. The van der Waals surface area contributed by atoms with Crippen molar-refractivity contribution in [3.63, 3.8) is 0 Å². The number of nitrogens with zero attached hydrogens (tertiary/aromatic N) is 2. The van der Waals surface area contributed by atoms with Gasteiger partial charge in [-0.3, -0.25) is 29.5 Å². The number of piperidine rings is 1. The second-order valence-corrected chi connectivity index (χ2v) is 7.32. The Bertz CT molecular complexity index is 1080. The van der Waals surface area contributed by atoms with Crippen molar-refractivity contribution < 1.29 is 14.4 Å². The average Bonchev–Trinajstić information content (AvgIpc) is 3.03. The molecule has 4 rings (SSSR count). The van der Waals surface area contributed by atoms with Crippen LogP contribution in [0.1, 0.15) is 40.0 Å². The summed E-state index contributed by atoms with van der Waals surface area (Å²) in [6.45, 7) is 1.06. The summed E-state index contributed by atoms with van der Waals surface area (Å²) < 4.78 is 0. The van der Waals surface area contributed by atoms with Crippen molar-refractivity contribution in [3.05, 3.63) is 57.0 Å². The molecule has 3 amide bonds. The standard InChI is InChI=1S/C20H22N6O4/c1-21-9-13-7-16(28)25-20(23-13)22-8-11-3-2-4-12-10-26(19(30)17(11)12)14-5-6-15(27)24-18(14)29/h2-4,7,14,21H,5-6,8-10H2,1H3,(H,24,27,29)(H2,22,23,25,28). The van der Waals surface area contributed by atoms with E-state index in [9.17, 15) is 19.2 Å². The molecule has 0 radical (unpaired) electrons. The van der Waals surface area contributed by atoms with E-state index in [4.69, 9.17) is 0 Å². The highest BCUT2D eigenvalue weighted by Gasteiger charge is 2.39. The number of imide groups is 1. The zero-order valence-electron chi connectivity index (χ0n) is 16.4. The van der Waals surface area contributed by atoms with E-state index in [0.29, 0.717) is 36.7 Å². The van der Waals surface area contributed by atoms with Crippen LogP contribution in [0.5, 0.6) is 0 Å². The van der Waals surface area contributed by atoms with Gasteiger partial charge in [-0.25, -0.2) is 4.98 Å². The van der Waals surface area contributed by atoms with Crippen molar-refractivity contribution in [1.82, 2.24) is 25.5 Å². The second-order valence-electron chi connectivity index (χ2n) is 7.32. The normalized spacial score (nSPS) is 18.4.